The maximum absolute atomic E-state index is 14.2. The van der Waals surface area contributed by atoms with Crippen LogP contribution >= 0.6 is 11.6 Å². The zero-order valence-corrected chi connectivity index (χ0v) is 16.5. The van der Waals surface area contributed by atoms with E-state index in [9.17, 15) is 4.39 Å². The van der Waals surface area contributed by atoms with Gasteiger partial charge in [-0.15, -0.1) is 0 Å². The molecule has 1 aromatic heterocycles. The average Bonchev–Trinajstić information content (AvgIpc) is 3.14. The van der Waals surface area contributed by atoms with E-state index in [0.717, 1.165) is 17.0 Å². The highest BCUT2D eigenvalue weighted by molar-refractivity contribution is 6.31. The largest absolute Gasteiger partial charge is 0.308 e. The van der Waals surface area contributed by atoms with Gasteiger partial charge in [-0.3, -0.25) is 0 Å². The van der Waals surface area contributed by atoms with Crippen molar-refractivity contribution in [3.63, 3.8) is 0 Å². The first-order valence-electron chi connectivity index (χ1n) is 9.86. The first kappa shape index (κ1) is 19.1. The normalized spacial score (nSPS) is 15.1. The lowest BCUT2D eigenvalue weighted by atomic mass is 9.95. The predicted molar refractivity (Wildman–Crippen MR) is 110 cm³/mol. The molecule has 2 aromatic carbocycles. The number of hydrogen-bond acceptors (Lipinski definition) is 3. The van der Waals surface area contributed by atoms with E-state index in [2.05, 4.69) is 15.5 Å². The summed E-state index contributed by atoms with van der Waals surface area (Å²) in [6, 6.07) is 15.2. The zero-order chi connectivity index (χ0) is 19.3. The highest BCUT2D eigenvalue weighted by Crippen LogP contribution is 2.24. The van der Waals surface area contributed by atoms with E-state index in [0.29, 0.717) is 23.2 Å². The summed E-state index contributed by atoms with van der Waals surface area (Å²) in [5.41, 5.74) is 3.12. The molecule has 1 heterocycles. The van der Waals surface area contributed by atoms with Gasteiger partial charge in [-0.1, -0.05) is 67.3 Å². The van der Waals surface area contributed by atoms with Crippen molar-refractivity contribution in [1.82, 2.24) is 20.3 Å². The Bertz CT molecular complexity index is 899. The molecule has 1 saturated carbocycles. The molecule has 1 aliphatic carbocycles. The molecule has 0 aliphatic heterocycles. The van der Waals surface area contributed by atoms with Gasteiger partial charge in [0.15, 0.2) is 0 Å². The monoisotopic (exact) mass is 398 g/mol. The molecule has 0 saturated heterocycles. The van der Waals surface area contributed by atoms with E-state index >= 15 is 0 Å². The molecule has 3 aromatic rings. The van der Waals surface area contributed by atoms with Gasteiger partial charge in [0.2, 0.25) is 0 Å². The first-order chi connectivity index (χ1) is 13.7. The summed E-state index contributed by atoms with van der Waals surface area (Å²) in [4.78, 5) is 1.55. The van der Waals surface area contributed by atoms with Crippen LogP contribution in [-0.2, 0) is 13.1 Å². The minimum absolute atomic E-state index is 0.203. The van der Waals surface area contributed by atoms with E-state index in [1.165, 1.54) is 38.2 Å². The fourth-order valence-corrected chi connectivity index (χ4v) is 3.99. The molecule has 1 aliphatic rings. The van der Waals surface area contributed by atoms with Gasteiger partial charge in [-0.2, -0.15) is 15.0 Å². The number of benzene rings is 2. The van der Waals surface area contributed by atoms with Crippen molar-refractivity contribution >= 4 is 11.6 Å². The molecule has 4 rings (SSSR count). The van der Waals surface area contributed by atoms with E-state index in [1.54, 1.807) is 16.9 Å². The molecule has 146 valence electrons. The van der Waals surface area contributed by atoms with Gasteiger partial charge in [0, 0.05) is 28.7 Å². The van der Waals surface area contributed by atoms with Crippen molar-refractivity contribution in [2.24, 2.45) is 0 Å². The fraction of sp³-hybridized carbons (Fsp3) is 0.364. The van der Waals surface area contributed by atoms with Crippen molar-refractivity contribution in [1.29, 1.82) is 0 Å². The standard InChI is InChI=1S/C22H24ClFN4/c23-19-12-7-13-20(24)18(19)15-28-26-21(14-25-17-10-5-2-6-11-17)22(27-28)16-8-3-1-4-9-16/h1,3-4,7-9,12-13,17,25H,2,5-6,10-11,14-15H2. The van der Waals surface area contributed by atoms with Crippen molar-refractivity contribution in [3.05, 3.63) is 70.6 Å². The lowest BCUT2D eigenvalue weighted by Crippen LogP contribution is -2.30. The van der Waals surface area contributed by atoms with Crippen LogP contribution in [0.25, 0.3) is 11.3 Å². The van der Waals surface area contributed by atoms with Crippen LogP contribution in [0.4, 0.5) is 4.39 Å². The Labute approximate surface area is 169 Å². The van der Waals surface area contributed by atoms with Crippen LogP contribution in [-0.4, -0.2) is 21.0 Å². The van der Waals surface area contributed by atoms with Crippen molar-refractivity contribution < 1.29 is 4.39 Å². The SMILES string of the molecule is Fc1cccc(Cl)c1Cn1nc(CNC2CCCCC2)c(-c2ccccc2)n1. The predicted octanol–water partition coefficient (Wildman–Crippen LogP) is 5.21. The molecule has 0 bridgehead atoms. The maximum atomic E-state index is 14.2. The van der Waals surface area contributed by atoms with E-state index in [-0.39, 0.29) is 12.4 Å². The van der Waals surface area contributed by atoms with E-state index < -0.39 is 0 Å². The number of halogens is 2. The smallest absolute Gasteiger partial charge is 0.129 e. The second-order valence-electron chi connectivity index (χ2n) is 7.31. The number of aromatic nitrogens is 3. The molecule has 4 nitrogen and oxygen atoms in total. The van der Waals surface area contributed by atoms with Gasteiger partial charge < -0.3 is 5.32 Å². The molecule has 0 amide bonds. The molecule has 1 fully saturated rings. The molecule has 0 unspecified atom stereocenters. The Hall–Kier alpha value is -2.24. The Morgan fingerprint density at radius 2 is 1.79 bits per heavy atom. The third-order valence-electron chi connectivity index (χ3n) is 5.30. The van der Waals surface area contributed by atoms with Gasteiger partial charge >= 0.3 is 0 Å². The molecule has 0 spiro atoms. The Morgan fingerprint density at radius 3 is 2.54 bits per heavy atom. The minimum atomic E-state index is -0.340. The molecule has 6 heteroatoms. The van der Waals surface area contributed by atoms with Gasteiger partial charge in [0.1, 0.15) is 17.2 Å². The first-order valence-corrected chi connectivity index (χ1v) is 10.2. The van der Waals surface area contributed by atoms with Crippen LogP contribution < -0.4 is 5.32 Å². The van der Waals surface area contributed by atoms with Gasteiger partial charge in [0.05, 0.1) is 6.54 Å². The fourth-order valence-electron chi connectivity index (χ4n) is 3.76. The van der Waals surface area contributed by atoms with E-state index in [4.69, 9.17) is 11.6 Å². The van der Waals surface area contributed by atoms with Crippen molar-refractivity contribution in [3.8, 4) is 11.3 Å². The summed E-state index contributed by atoms with van der Waals surface area (Å²) in [5, 5.41) is 13.3. The molecule has 0 atom stereocenters. The van der Waals surface area contributed by atoms with Crippen LogP contribution in [0.2, 0.25) is 5.02 Å². The third-order valence-corrected chi connectivity index (χ3v) is 5.65. The average molecular weight is 399 g/mol. The number of rotatable bonds is 6. The molecule has 28 heavy (non-hydrogen) atoms. The molecular weight excluding hydrogens is 375 g/mol. The van der Waals surface area contributed by atoms with Crippen LogP contribution in [0, 0.1) is 5.82 Å². The molecule has 1 N–H and O–H groups in total. The van der Waals surface area contributed by atoms with E-state index in [1.807, 2.05) is 30.3 Å². The van der Waals surface area contributed by atoms with Gasteiger partial charge in [-0.05, 0) is 25.0 Å². The Morgan fingerprint density at radius 1 is 1.00 bits per heavy atom. The van der Waals surface area contributed by atoms with Crippen LogP contribution in [0.15, 0.2) is 48.5 Å². The number of nitrogens with one attached hydrogen (secondary N) is 1. The lowest BCUT2D eigenvalue weighted by molar-refractivity contribution is 0.370. The summed E-state index contributed by atoms with van der Waals surface area (Å²) < 4.78 is 14.2. The summed E-state index contributed by atoms with van der Waals surface area (Å²) >= 11 is 6.18. The van der Waals surface area contributed by atoms with Crippen LogP contribution in [0.1, 0.15) is 43.4 Å². The second kappa shape index (κ2) is 8.84. The van der Waals surface area contributed by atoms with Crippen LogP contribution in [0.3, 0.4) is 0 Å². The number of hydrogen-bond donors (Lipinski definition) is 1. The number of nitrogens with zero attached hydrogens (tertiary/aromatic N) is 3. The zero-order valence-electron chi connectivity index (χ0n) is 15.7. The summed E-state index contributed by atoms with van der Waals surface area (Å²) in [7, 11) is 0. The summed E-state index contributed by atoms with van der Waals surface area (Å²) in [6.45, 7) is 0.856. The summed E-state index contributed by atoms with van der Waals surface area (Å²) in [6.07, 6.45) is 6.30. The quantitative estimate of drug-likeness (QED) is 0.619. The van der Waals surface area contributed by atoms with Crippen LogP contribution in [0.5, 0.6) is 0 Å². The Kier molecular flexibility index (Phi) is 6.03. The summed E-state index contributed by atoms with van der Waals surface area (Å²) in [5.74, 6) is -0.340. The van der Waals surface area contributed by atoms with Crippen molar-refractivity contribution in [2.75, 3.05) is 0 Å². The van der Waals surface area contributed by atoms with Gasteiger partial charge in [0.25, 0.3) is 0 Å². The third kappa shape index (κ3) is 4.42. The topological polar surface area (TPSA) is 42.7 Å². The molecule has 0 radical (unpaired) electrons. The molecular formula is C22H24ClFN4. The highest BCUT2D eigenvalue weighted by Gasteiger charge is 2.18. The lowest BCUT2D eigenvalue weighted by Gasteiger charge is -2.22. The minimum Gasteiger partial charge on any atom is -0.308 e. The maximum Gasteiger partial charge on any atom is 0.129 e. The van der Waals surface area contributed by atoms with Gasteiger partial charge in [-0.25, -0.2) is 4.39 Å². The highest BCUT2D eigenvalue weighted by atomic mass is 35.5. The Balaban J connectivity index is 1.60. The second-order valence-corrected chi connectivity index (χ2v) is 7.71. The van der Waals surface area contributed by atoms with Crippen molar-refractivity contribution in [2.45, 2.75) is 51.2 Å².